The number of aryl methyl sites for hydroxylation is 1. The van der Waals surface area contributed by atoms with Crippen molar-refractivity contribution in [1.29, 1.82) is 0 Å². The second kappa shape index (κ2) is 2.38. The lowest BCUT2D eigenvalue weighted by Crippen LogP contribution is -2.21. The quantitative estimate of drug-likeness (QED) is 0.613. The lowest BCUT2D eigenvalue weighted by atomic mass is 9.86. The first-order chi connectivity index (χ1) is 5.29. The van der Waals surface area contributed by atoms with Crippen LogP contribution in [0.15, 0.2) is 16.7 Å². The zero-order valence-corrected chi connectivity index (χ0v) is 6.58. The van der Waals surface area contributed by atoms with Crippen molar-refractivity contribution < 1.29 is 9.52 Å². The fraction of sp³-hybridized carbons (Fsp3) is 0.556. The molecule has 1 unspecified atom stereocenters. The van der Waals surface area contributed by atoms with E-state index in [9.17, 15) is 5.11 Å². The van der Waals surface area contributed by atoms with Gasteiger partial charge in [0.1, 0.15) is 5.76 Å². The van der Waals surface area contributed by atoms with Crippen molar-refractivity contribution in [2.24, 2.45) is 0 Å². The minimum Gasteiger partial charge on any atom is -0.469 e. The predicted molar refractivity (Wildman–Crippen MR) is 41.5 cm³/mol. The van der Waals surface area contributed by atoms with Gasteiger partial charge in [0.15, 0.2) is 0 Å². The van der Waals surface area contributed by atoms with Crippen LogP contribution in [0.5, 0.6) is 0 Å². The normalized spacial score (nSPS) is 30.0. The molecule has 0 saturated heterocycles. The van der Waals surface area contributed by atoms with Crippen LogP contribution in [0.2, 0.25) is 0 Å². The molecule has 0 spiro atoms. The van der Waals surface area contributed by atoms with Gasteiger partial charge < -0.3 is 9.52 Å². The van der Waals surface area contributed by atoms with Gasteiger partial charge >= 0.3 is 0 Å². The standard InChI is InChI=1S/C9H12O2/c1-6-7-4-5-11-9(7)3-2-8(6)10/h4-6,8,10H,2-3H2,1H3/t6?,8-/m1/s1. The Kier molecular flexibility index (Phi) is 1.50. The molecule has 2 heteroatoms. The highest BCUT2D eigenvalue weighted by atomic mass is 16.3. The summed E-state index contributed by atoms with van der Waals surface area (Å²) in [6.07, 6.45) is 3.24. The summed E-state index contributed by atoms with van der Waals surface area (Å²) in [6, 6.07) is 1.96. The van der Waals surface area contributed by atoms with Crippen LogP contribution in [0.25, 0.3) is 0 Å². The first-order valence-electron chi connectivity index (χ1n) is 4.03. The summed E-state index contributed by atoms with van der Waals surface area (Å²) in [5.41, 5.74) is 1.18. The van der Waals surface area contributed by atoms with Gasteiger partial charge in [-0.25, -0.2) is 0 Å². The summed E-state index contributed by atoms with van der Waals surface area (Å²) in [5.74, 6) is 1.31. The van der Waals surface area contributed by atoms with Crippen molar-refractivity contribution in [2.45, 2.75) is 31.8 Å². The molecule has 1 aliphatic carbocycles. The molecule has 0 fully saturated rings. The van der Waals surface area contributed by atoms with E-state index in [4.69, 9.17) is 4.42 Å². The Labute approximate surface area is 65.8 Å². The van der Waals surface area contributed by atoms with Gasteiger partial charge in [0.25, 0.3) is 0 Å². The highest BCUT2D eigenvalue weighted by Crippen LogP contribution is 2.31. The van der Waals surface area contributed by atoms with E-state index in [1.165, 1.54) is 5.56 Å². The van der Waals surface area contributed by atoms with Gasteiger partial charge in [-0.3, -0.25) is 0 Å². The van der Waals surface area contributed by atoms with Crippen molar-refractivity contribution >= 4 is 0 Å². The molecule has 2 rings (SSSR count). The van der Waals surface area contributed by atoms with Gasteiger partial charge in [0.2, 0.25) is 0 Å². The third-order valence-corrected chi connectivity index (χ3v) is 2.51. The summed E-state index contributed by atoms with van der Waals surface area (Å²) >= 11 is 0. The Bertz CT molecular complexity index is 252. The van der Waals surface area contributed by atoms with Gasteiger partial charge in [-0.1, -0.05) is 6.92 Å². The fourth-order valence-corrected chi connectivity index (χ4v) is 1.70. The van der Waals surface area contributed by atoms with Crippen molar-refractivity contribution in [3.63, 3.8) is 0 Å². The fourth-order valence-electron chi connectivity index (χ4n) is 1.70. The molecule has 2 atom stereocenters. The summed E-state index contributed by atoms with van der Waals surface area (Å²) in [5, 5.41) is 9.50. The Hall–Kier alpha value is -0.760. The minimum absolute atomic E-state index is 0.180. The summed E-state index contributed by atoms with van der Waals surface area (Å²) in [7, 11) is 0. The molecule has 1 heterocycles. The summed E-state index contributed by atoms with van der Waals surface area (Å²) in [4.78, 5) is 0. The molecule has 11 heavy (non-hydrogen) atoms. The number of aliphatic hydroxyl groups is 1. The number of furan rings is 1. The third-order valence-electron chi connectivity index (χ3n) is 2.51. The second-order valence-corrected chi connectivity index (χ2v) is 3.19. The van der Waals surface area contributed by atoms with Gasteiger partial charge in [0.05, 0.1) is 12.4 Å². The highest BCUT2D eigenvalue weighted by Gasteiger charge is 2.25. The first kappa shape index (κ1) is 6.92. The molecule has 1 aromatic heterocycles. The van der Waals surface area contributed by atoms with Crippen LogP contribution in [0.3, 0.4) is 0 Å². The number of aliphatic hydroxyl groups excluding tert-OH is 1. The molecule has 0 radical (unpaired) electrons. The van der Waals surface area contributed by atoms with Crippen LogP contribution >= 0.6 is 0 Å². The largest absolute Gasteiger partial charge is 0.469 e. The van der Waals surface area contributed by atoms with Crippen LogP contribution in [0.4, 0.5) is 0 Å². The van der Waals surface area contributed by atoms with Crippen LogP contribution < -0.4 is 0 Å². The molecule has 0 aromatic carbocycles. The molecule has 0 bridgehead atoms. The zero-order chi connectivity index (χ0) is 7.84. The number of fused-ring (bicyclic) bond motifs is 1. The second-order valence-electron chi connectivity index (χ2n) is 3.19. The van der Waals surface area contributed by atoms with Gasteiger partial charge in [-0.05, 0) is 18.1 Å². The van der Waals surface area contributed by atoms with E-state index in [2.05, 4.69) is 0 Å². The smallest absolute Gasteiger partial charge is 0.107 e. The molecular weight excluding hydrogens is 140 g/mol. The van der Waals surface area contributed by atoms with Gasteiger partial charge in [-0.15, -0.1) is 0 Å². The summed E-state index contributed by atoms with van der Waals surface area (Å²) in [6.45, 7) is 2.04. The molecule has 0 aliphatic heterocycles. The molecule has 2 nitrogen and oxygen atoms in total. The number of hydrogen-bond donors (Lipinski definition) is 1. The molecule has 0 saturated carbocycles. The molecular formula is C9H12O2. The van der Waals surface area contributed by atoms with Gasteiger partial charge in [0, 0.05) is 12.3 Å². The van der Waals surface area contributed by atoms with E-state index in [1.807, 2.05) is 13.0 Å². The number of hydrogen-bond acceptors (Lipinski definition) is 2. The van der Waals surface area contributed by atoms with E-state index in [0.29, 0.717) is 0 Å². The molecule has 60 valence electrons. The monoisotopic (exact) mass is 152 g/mol. The van der Waals surface area contributed by atoms with Crippen LogP contribution in [0.1, 0.15) is 30.6 Å². The average Bonchev–Trinajstić information content (AvgIpc) is 2.45. The SMILES string of the molecule is CC1c2ccoc2CC[C@H]1O. The lowest BCUT2D eigenvalue weighted by Gasteiger charge is -2.23. The maximum absolute atomic E-state index is 9.50. The highest BCUT2D eigenvalue weighted by molar-refractivity contribution is 5.25. The van der Waals surface area contributed by atoms with E-state index in [-0.39, 0.29) is 12.0 Å². The predicted octanol–water partition coefficient (Wildman–Crippen LogP) is 1.69. The van der Waals surface area contributed by atoms with Crippen molar-refractivity contribution in [3.8, 4) is 0 Å². The van der Waals surface area contributed by atoms with Gasteiger partial charge in [-0.2, -0.15) is 0 Å². The molecule has 0 amide bonds. The third kappa shape index (κ3) is 0.979. The maximum Gasteiger partial charge on any atom is 0.107 e. The molecule has 1 N–H and O–H groups in total. The van der Waals surface area contributed by atoms with E-state index >= 15 is 0 Å². The minimum atomic E-state index is -0.180. The van der Waals surface area contributed by atoms with E-state index < -0.39 is 0 Å². The number of rotatable bonds is 0. The lowest BCUT2D eigenvalue weighted by molar-refractivity contribution is 0.128. The molecule has 1 aromatic rings. The van der Waals surface area contributed by atoms with Crippen molar-refractivity contribution in [1.82, 2.24) is 0 Å². The average molecular weight is 152 g/mol. The Morgan fingerprint density at radius 2 is 2.45 bits per heavy atom. The van der Waals surface area contributed by atoms with E-state index in [0.717, 1.165) is 18.6 Å². The first-order valence-corrected chi connectivity index (χ1v) is 4.03. The summed E-state index contributed by atoms with van der Waals surface area (Å²) < 4.78 is 5.26. The zero-order valence-electron chi connectivity index (χ0n) is 6.58. The Morgan fingerprint density at radius 1 is 1.64 bits per heavy atom. The molecule has 1 aliphatic rings. The van der Waals surface area contributed by atoms with E-state index in [1.54, 1.807) is 6.26 Å². The Balaban J connectivity index is 2.38. The topological polar surface area (TPSA) is 33.4 Å². The van der Waals surface area contributed by atoms with Crippen LogP contribution in [-0.2, 0) is 6.42 Å². The van der Waals surface area contributed by atoms with Crippen molar-refractivity contribution in [2.75, 3.05) is 0 Å². The van der Waals surface area contributed by atoms with Crippen LogP contribution in [-0.4, -0.2) is 11.2 Å². The maximum atomic E-state index is 9.50. The van der Waals surface area contributed by atoms with Crippen LogP contribution in [0, 0.1) is 0 Å². The Morgan fingerprint density at radius 3 is 3.27 bits per heavy atom. The van der Waals surface area contributed by atoms with Crippen molar-refractivity contribution in [3.05, 3.63) is 23.7 Å².